The SMILES string of the molecule is COC(=O)N1CCC2(CC1)CC(Oc1cc(C#N)ccc1CC(=O)O)c1cc(-c3cccc4c(N)nccc34)ccc12. The molecule has 1 unspecified atom stereocenters. The molecule has 2 aliphatic rings. The maximum Gasteiger partial charge on any atom is 0.409 e. The Bertz CT molecular complexity index is 1750. The van der Waals surface area contributed by atoms with Crippen LogP contribution in [0.5, 0.6) is 5.75 Å². The first-order chi connectivity index (χ1) is 20.3. The lowest BCUT2D eigenvalue weighted by atomic mass is 9.73. The molecule has 9 nitrogen and oxygen atoms in total. The van der Waals surface area contributed by atoms with Crippen LogP contribution in [-0.4, -0.2) is 47.3 Å². The number of nitriles is 1. The van der Waals surface area contributed by atoms with Crippen molar-refractivity contribution in [3.63, 3.8) is 0 Å². The number of likely N-dealkylation sites (tertiary alicyclic amines) is 1. The summed E-state index contributed by atoms with van der Waals surface area (Å²) < 4.78 is 11.6. The lowest BCUT2D eigenvalue weighted by Gasteiger charge is -2.39. The quantitative estimate of drug-likeness (QED) is 0.320. The van der Waals surface area contributed by atoms with Gasteiger partial charge in [-0.2, -0.15) is 5.26 Å². The summed E-state index contributed by atoms with van der Waals surface area (Å²) in [6.45, 7) is 1.12. The molecule has 1 aromatic heterocycles. The summed E-state index contributed by atoms with van der Waals surface area (Å²) in [5.41, 5.74) is 11.1. The van der Waals surface area contributed by atoms with Gasteiger partial charge in [-0.15, -0.1) is 0 Å². The maximum absolute atomic E-state index is 12.2. The number of piperidine rings is 1. The first kappa shape index (κ1) is 27.1. The number of aliphatic carboxylic acids is 1. The Morgan fingerprint density at radius 2 is 1.93 bits per heavy atom. The van der Waals surface area contributed by atoms with E-state index in [1.165, 1.54) is 12.7 Å². The van der Waals surface area contributed by atoms with Gasteiger partial charge in [0.15, 0.2) is 0 Å². The van der Waals surface area contributed by atoms with Crippen molar-refractivity contribution in [2.75, 3.05) is 25.9 Å². The number of aromatic nitrogens is 1. The summed E-state index contributed by atoms with van der Waals surface area (Å²) in [5.74, 6) is -0.114. The van der Waals surface area contributed by atoms with E-state index in [1.807, 2.05) is 18.2 Å². The first-order valence-electron chi connectivity index (χ1n) is 13.8. The van der Waals surface area contributed by atoms with Gasteiger partial charge in [-0.1, -0.05) is 36.4 Å². The Morgan fingerprint density at radius 3 is 2.67 bits per heavy atom. The topological polar surface area (TPSA) is 139 Å². The molecule has 4 aromatic rings. The van der Waals surface area contributed by atoms with Gasteiger partial charge < -0.3 is 25.2 Å². The molecule has 1 amide bonds. The Labute approximate surface area is 243 Å². The van der Waals surface area contributed by atoms with E-state index in [4.69, 9.17) is 15.2 Å². The van der Waals surface area contributed by atoms with E-state index >= 15 is 0 Å². The zero-order valence-electron chi connectivity index (χ0n) is 23.2. The third kappa shape index (κ3) is 4.75. The Morgan fingerprint density at radius 1 is 1.12 bits per heavy atom. The van der Waals surface area contributed by atoms with Crippen molar-refractivity contribution in [1.82, 2.24) is 9.88 Å². The molecular weight excluding hydrogens is 532 g/mol. The second-order valence-corrected chi connectivity index (χ2v) is 11.0. The van der Waals surface area contributed by atoms with Crippen molar-refractivity contribution in [2.45, 2.75) is 37.2 Å². The molecule has 2 heterocycles. The summed E-state index contributed by atoms with van der Waals surface area (Å²) in [4.78, 5) is 29.8. The summed E-state index contributed by atoms with van der Waals surface area (Å²) in [6, 6.07) is 21.4. The molecule has 9 heteroatoms. The molecule has 1 spiro atoms. The number of ether oxygens (including phenoxy) is 2. The van der Waals surface area contributed by atoms with Gasteiger partial charge in [0.05, 0.1) is 25.2 Å². The van der Waals surface area contributed by atoms with Gasteiger partial charge in [0, 0.05) is 35.7 Å². The highest BCUT2D eigenvalue weighted by Crippen LogP contribution is 2.53. The molecule has 212 valence electrons. The van der Waals surface area contributed by atoms with Crippen molar-refractivity contribution < 1.29 is 24.2 Å². The number of nitrogen functional groups attached to an aromatic ring is 1. The number of amides is 1. The number of nitrogens with two attached hydrogens (primary N) is 1. The van der Waals surface area contributed by atoms with Gasteiger partial charge in [-0.3, -0.25) is 4.79 Å². The van der Waals surface area contributed by atoms with Crippen LogP contribution in [0.15, 0.2) is 66.9 Å². The van der Waals surface area contributed by atoms with Gasteiger partial charge in [-0.05, 0) is 71.2 Å². The Hall–Kier alpha value is -5.10. The van der Waals surface area contributed by atoms with Crippen LogP contribution in [-0.2, 0) is 21.4 Å². The molecule has 1 aliphatic carbocycles. The fraction of sp³-hybridized carbons (Fsp3) is 0.273. The zero-order chi connectivity index (χ0) is 29.4. The molecule has 6 rings (SSSR count). The Balaban J connectivity index is 1.44. The van der Waals surface area contributed by atoms with E-state index in [9.17, 15) is 20.0 Å². The normalized spacial score (nSPS) is 17.0. The number of methoxy groups -OCH3 is 1. The summed E-state index contributed by atoms with van der Waals surface area (Å²) in [5, 5.41) is 20.9. The average molecular weight is 563 g/mol. The lowest BCUT2D eigenvalue weighted by molar-refractivity contribution is -0.136. The molecule has 3 aromatic carbocycles. The van der Waals surface area contributed by atoms with Crippen molar-refractivity contribution in [3.05, 3.63) is 89.1 Å². The van der Waals surface area contributed by atoms with E-state index in [-0.39, 0.29) is 24.0 Å². The smallest absolute Gasteiger partial charge is 0.409 e. The largest absolute Gasteiger partial charge is 0.485 e. The predicted molar refractivity (Wildman–Crippen MR) is 157 cm³/mol. The number of hydrogen-bond donors (Lipinski definition) is 2. The second-order valence-electron chi connectivity index (χ2n) is 11.0. The molecule has 0 bridgehead atoms. The molecule has 1 fully saturated rings. The van der Waals surface area contributed by atoms with Crippen LogP contribution < -0.4 is 10.5 Å². The first-order valence-corrected chi connectivity index (χ1v) is 13.8. The number of fused-ring (bicyclic) bond motifs is 3. The fourth-order valence-corrected chi connectivity index (χ4v) is 6.56. The predicted octanol–water partition coefficient (Wildman–Crippen LogP) is 5.61. The Kier molecular flexibility index (Phi) is 6.91. The number of rotatable bonds is 5. The molecule has 0 radical (unpaired) electrons. The molecular formula is C33H30N4O5. The van der Waals surface area contributed by atoms with Gasteiger partial charge >= 0.3 is 12.1 Å². The van der Waals surface area contributed by atoms with Gasteiger partial charge in [0.2, 0.25) is 0 Å². The van der Waals surface area contributed by atoms with E-state index < -0.39 is 5.97 Å². The number of hydrogen-bond acceptors (Lipinski definition) is 7. The number of carbonyl (C=O) groups is 2. The minimum atomic E-state index is -0.977. The van der Waals surface area contributed by atoms with Crippen molar-refractivity contribution in [2.24, 2.45) is 0 Å². The van der Waals surface area contributed by atoms with Crippen LogP contribution in [0.25, 0.3) is 21.9 Å². The van der Waals surface area contributed by atoms with E-state index in [2.05, 4.69) is 35.3 Å². The summed E-state index contributed by atoms with van der Waals surface area (Å²) in [6.07, 6.45) is 2.92. The van der Waals surface area contributed by atoms with E-state index in [0.717, 1.165) is 40.3 Å². The molecule has 1 saturated heterocycles. The van der Waals surface area contributed by atoms with E-state index in [1.54, 1.807) is 29.3 Å². The number of pyridine rings is 1. The van der Waals surface area contributed by atoms with Gasteiger partial charge in [0.1, 0.15) is 17.7 Å². The standard InChI is InChI=1S/C33H30N4O5/c1-41-32(40)37-13-10-33(11-14-37)18-29(42-28-15-20(19-34)5-6-22(28)17-30(38)39)26-16-21(7-8-27(26)33)23-3-2-4-25-24(23)9-12-36-31(25)35/h2-9,12,15-16,29H,10-11,13-14,17-18H2,1H3,(H2,35,36)(H,38,39). The van der Waals surface area contributed by atoms with Gasteiger partial charge in [0.25, 0.3) is 0 Å². The number of carboxylic acids is 1. The summed E-state index contributed by atoms with van der Waals surface area (Å²) >= 11 is 0. The van der Waals surface area contributed by atoms with Crippen LogP contribution in [0.3, 0.4) is 0 Å². The minimum absolute atomic E-state index is 0.217. The van der Waals surface area contributed by atoms with Gasteiger partial charge in [-0.25, -0.2) is 9.78 Å². The fourth-order valence-electron chi connectivity index (χ4n) is 6.56. The van der Waals surface area contributed by atoms with Crippen molar-refractivity contribution in [1.29, 1.82) is 5.26 Å². The number of benzene rings is 3. The number of carbonyl (C=O) groups excluding carboxylic acids is 1. The molecule has 3 N–H and O–H groups in total. The third-order valence-corrected chi connectivity index (χ3v) is 8.65. The highest BCUT2D eigenvalue weighted by Gasteiger charge is 2.47. The average Bonchev–Trinajstić information content (AvgIpc) is 3.29. The monoisotopic (exact) mass is 562 g/mol. The number of carboxylic acid groups (broad SMARTS) is 1. The summed E-state index contributed by atoms with van der Waals surface area (Å²) in [7, 11) is 1.39. The number of nitrogens with zero attached hydrogens (tertiary/aromatic N) is 3. The molecule has 0 saturated carbocycles. The lowest BCUT2D eigenvalue weighted by Crippen LogP contribution is -2.44. The second kappa shape index (κ2) is 10.7. The number of anilines is 1. The van der Waals surface area contributed by atoms with Crippen LogP contribution >= 0.6 is 0 Å². The maximum atomic E-state index is 12.2. The highest BCUT2D eigenvalue weighted by molar-refractivity contribution is 6.01. The highest BCUT2D eigenvalue weighted by atomic mass is 16.5. The van der Waals surface area contributed by atoms with E-state index in [0.29, 0.717) is 42.2 Å². The van der Waals surface area contributed by atoms with Crippen molar-refractivity contribution >= 4 is 28.7 Å². The van der Waals surface area contributed by atoms with Crippen molar-refractivity contribution in [3.8, 4) is 22.9 Å². The minimum Gasteiger partial charge on any atom is -0.485 e. The molecule has 1 aliphatic heterocycles. The zero-order valence-corrected chi connectivity index (χ0v) is 23.2. The van der Waals surface area contributed by atoms with Crippen LogP contribution in [0, 0.1) is 11.3 Å². The van der Waals surface area contributed by atoms with Crippen LogP contribution in [0.2, 0.25) is 0 Å². The van der Waals surface area contributed by atoms with Crippen LogP contribution in [0.1, 0.15) is 47.6 Å². The molecule has 42 heavy (non-hydrogen) atoms. The third-order valence-electron chi connectivity index (χ3n) is 8.65. The molecule has 1 atom stereocenters. The van der Waals surface area contributed by atoms with Crippen LogP contribution in [0.4, 0.5) is 10.6 Å².